The summed E-state index contributed by atoms with van der Waals surface area (Å²) in [5, 5.41) is 0. The van der Waals surface area contributed by atoms with E-state index in [1.54, 1.807) is 12.1 Å². The number of amides is 1. The molecule has 1 fully saturated rings. The first-order valence-corrected chi connectivity index (χ1v) is 8.66. The van der Waals surface area contributed by atoms with Crippen LogP contribution in [0.5, 0.6) is 0 Å². The number of fused-ring (bicyclic) bond motifs is 1. The molecule has 0 bridgehead atoms. The molecule has 4 rings (SSSR count). The molecule has 2 aromatic rings. The van der Waals surface area contributed by atoms with Crippen LogP contribution in [0.15, 0.2) is 40.8 Å². The van der Waals surface area contributed by atoms with E-state index in [0.717, 1.165) is 32.1 Å². The lowest BCUT2D eigenvalue weighted by molar-refractivity contribution is 0.0603. The van der Waals surface area contributed by atoms with Crippen molar-refractivity contribution in [2.24, 2.45) is 0 Å². The molecule has 0 spiro atoms. The summed E-state index contributed by atoms with van der Waals surface area (Å²) in [6.45, 7) is 1.45. The second-order valence-electron chi connectivity index (χ2n) is 6.77. The van der Waals surface area contributed by atoms with Crippen molar-refractivity contribution in [2.75, 3.05) is 0 Å². The molecule has 0 aliphatic heterocycles. The molecule has 1 amide bonds. The zero-order valence-electron chi connectivity index (χ0n) is 13.8. The zero-order valence-corrected chi connectivity index (χ0v) is 13.8. The van der Waals surface area contributed by atoms with E-state index >= 15 is 0 Å². The summed E-state index contributed by atoms with van der Waals surface area (Å²) < 4.78 is 5.50. The third-order valence-corrected chi connectivity index (χ3v) is 5.01. The van der Waals surface area contributed by atoms with Crippen LogP contribution in [0.4, 0.5) is 0 Å². The average Bonchev–Trinajstić information content (AvgIpc) is 3.29. The van der Waals surface area contributed by atoms with Crippen LogP contribution in [0.1, 0.15) is 70.9 Å². The summed E-state index contributed by atoms with van der Waals surface area (Å²) in [6, 6.07) is 12.0. The van der Waals surface area contributed by atoms with E-state index < -0.39 is 0 Å². The maximum atomic E-state index is 13.1. The van der Waals surface area contributed by atoms with Crippen molar-refractivity contribution in [2.45, 2.75) is 51.1 Å². The number of hydrogen-bond acceptors (Lipinski definition) is 3. The maximum Gasteiger partial charge on any atom is 0.290 e. The van der Waals surface area contributed by atoms with E-state index in [1.807, 2.05) is 11.0 Å². The molecule has 4 heteroatoms. The zero-order chi connectivity index (χ0) is 16.7. The SMILES string of the molecule is CC(=O)c1ccc(C(=O)N(C2CC2)C2CCCc3ccccc32)o1. The number of furan rings is 1. The van der Waals surface area contributed by atoms with E-state index in [9.17, 15) is 9.59 Å². The molecule has 1 heterocycles. The fraction of sp³-hybridized carbons (Fsp3) is 0.400. The standard InChI is InChI=1S/C20H21NO3/c1-13(22)18-11-12-19(24-18)20(23)21(15-9-10-15)17-8-4-6-14-5-2-3-7-16(14)17/h2-3,5,7,11-12,15,17H,4,6,8-10H2,1H3. The minimum atomic E-state index is -0.157. The van der Waals surface area contributed by atoms with Crippen molar-refractivity contribution in [3.05, 3.63) is 59.0 Å². The minimum Gasteiger partial charge on any atom is -0.448 e. The van der Waals surface area contributed by atoms with Crippen molar-refractivity contribution in [1.29, 1.82) is 0 Å². The van der Waals surface area contributed by atoms with Crippen LogP contribution in [-0.2, 0) is 6.42 Å². The average molecular weight is 323 g/mol. The highest BCUT2D eigenvalue weighted by Gasteiger charge is 2.40. The molecule has 4 nitrogen and oxygen atoms in total. The van der Waals surface area contributed by atoms with E-state index in [1.165, 1.54) is 18.1 Å². The summed E-state index contributed by atoms with van der Waals surface area (Å²) in [7, 11) is 0. The van der Waals surface area contributed by atoms with Gasteiger partial charge in [-0.1, -0.05) is 24.3 Å². The number of aryl methyl sites for hydroxylation is 1. The highest BCUT2D eigenvalue weighted by molar-refractivity contribution is 5.96. The Labute approximate surface area is 141 Å². The molecule has 1 aromatic heterocycles. The van der Waals surface area contributed by atoms with Crippen molar-refractivity contribution >= 4 is 11.7 Å². The monoisotopic (exact) mass is 323 g/mol. The van der Waals surface area contributed by atoms with Gasteiger partial charge in [0.05, 0.1) is 6.04 Å². The van der Waals surface area contributed by atoms with Crippen LogP contribution in [0, 0.1) is 0 Å². The first-order chi connectivity index (χ1) is 11.6. The Hall–Kier alpha value is -2.36. The highest BCUT2D eigenvalue weighted by Crippen LogP contribution is 2.41. The van der Waals surface area contributed by atoms with Crippen molar-refractivity contribution in [1.82, 2.24) is 4.90 Å². The van der Waals surface area contributed by atoms with E-state index in [2.05, 4.69) is 18.2 Å². The Morgan fingerprint density at radius 1 is 1.04 bits per heavy atom. The van der Waals surface area contributed by atoms with Gasteiger partial charge in [0.15, 0.2) is 17.3 Å². The lowest BCUT2D eigenvalue weighted by atomic mass is 9.86. The van der Waals surface area contributed by atoms with Gasteiger partial charge in [-0.05, 0) is 55.4 Å². The second-order valence-corrected chi connectivity index (χ2v) is 6.77. The summed E-state index contributed by atoms with van der Waals surface area (Å²) in [5.74, 6) is 0.273. The second kappa shape index (κ2) is 5.93. The Morgan fingerprint density at radius 2 is 1.79 bits per heavy atom. The molecule has 2 aliphatic rings. The smallest absolute Gasteiger partial charge is 0.290 e. The molecular weight excluding hydrogens is 302 g/mol. The van der Waals surface area contributed by atoms with Crippen LogP contribution in [0.3, 0.4) is 0 Å². The number of rotatable bonds is 4. The molecule has 0 N–H and O–H groups in total. The fourth-order valence-corrected chi connectivity index (χ4v) is 3.70. The predicted molar refractivity (Wildman–Crippen MR) is 90.0 cm³/mol. The van der Waals surface area contributed by atoms with Crippen LogP contribution in [0.25, 0.3) is 0 Å². The molecule has 1 saturated carbocycles. The van der Waals surface area contributed by atoms with Gasteiger partial charge >= 0.3 is 0 Å². The van der Waals surface area contributed by atoms with Crippen molar-refractivity contribution in [3.8, 4) is 0 Å². The van der Waals surface area contributed by atoms with Crippen LogP contribution < -0.4 is 0 Å². The van der Waals surface area contributed by atoms with Crippen LogP contribution in [0.2, 0.25) is 0 Å². The number of ketones is 1. The molecule has 1 aromatic carbocycles. The van der Waals surface area contributed by atoms with Gasteiger partial charge in [-0.3, -0.25) is 9.59 Å². The predicted octanol–water partition coefficient (Wildman–Crippen LogP) is 4.16. The molecule has 124 valence electrons. The van der Waals surface area contributed by atoms with Crippen LogP contribution in [-0.4, -0.2) is 22.6 Å². The number of carbonyl (C=O) groups is 2. The number of benzene rings is 1. The lowest BCUT2D eigenvalue weighted by Gasteiger charge is -2.35. The van der Waals surface area contributed by atoms with E-state index in [0.29, 0.717) is 6.04 Å². The number of hydrogen-bond donors (Lipinski definition) is 0. The first kappa shape index (κ1) is 15.2. The molecular formula is C20H21NO3. The summed E-state index contributed by atoms with van der Waals surface area (Å²) >= 11 is 0. The van der Waals surface area contributed by atoms with Gasteiger partial charge in [0.1, 0.15) is 0 Å². The van der Waals surface area contributed by atoms with Gasteiger partial charge in [-0.15, -0.1) is 0 Å². The fourth-order valence-electron chi connectivity index (χ4n) is 3.70. The largest absolute Gasteiger partial charge is 0.448 e. The van der Waals surface area contributed by atoms with Gasteiger partial charge in [-0.2, -0.15) is 0 Å². The third kappa shape index (κ3) is 2.66. The lowest BCUT2D eigenvalue weighted by Crippen LogP contribution is -2.38. The molecule has 0 saturated heterocycles. The van der Waals surface area contributed by atoms with Crippen molar-refractivity contribution in [3.63, 3.8) is 0 Å². The number of carbonyl (C=O) groups excluding carboxylic acids is 2. The van der Waals surface area contributed by atoms with Gasteiger partial charge in [0, 0.05) is 13.0 Å². The summed E-state index contributed by atoms with van der Waals surface area (Å²) in [5.41, 5.74) is 2.61. The Bertz CT molecular complexity index is 788. The normalized spacial score (nSPS) is 19.6. The van der Waals surface area contributed by atoms with Crippen molar-refractivity contribution < 1.29 is 14.0 Å². The van der Waals surface area contributed by atoms with E-state index in [4.69, 9.17) is 4.42 Å². The number of nitrogens with zero attached hydrogens (tertiary/aromatic N) is 1. The molecule has 1 unspecified atom stereocenters. The molecule has 0 radical (unpaired) electrons. The molecule has 24 heavy (non-hydrogen) atoms. The Balaban J connectivity index is 1.68. The Kier molecular flexibility index (Phi) is 3.75. The maximum absolute atomic E-state index is 13.1. The summed E-state index contributed by atoms with van der Waals surface area (Å²) in [4.78, 5) is 26.5. The molecule has 2 aliphatic carbocycles. The van der Waals surface area contributed by atoms with Crippen LogP contribution >= 0.6 is 0 Å². The van der Waals surface area contributed by atoms with Gasteiger partial charge in [0.2, 0.25) is 0 Å². The van der Waals surface area contributed by atoms with Gasteiger partial charge in [0.25, 0.3) is 5.91 Å². The first-order valence-electron chi connectivity index (χ1n) is 8.66. The third-order valence-electron chi connectivity index (χ3n) is 5.01. The van der Waals surface area contributed by atoms with Gasteiger partial charge < -0.3 is 9.32 Å². The highest BCUT2D eigenvalue weighted by atomic mass is 16.4. The molecule has 1 atom stereocenters. The van der Waals surface area contributed by atoms with Gasteiger partial charge in [-0.25, -0.2) is 0 Å². The topological polar surface area (TPSA) is 50.5 Å². The summed E-state index contributed by atoms with van der Waals surface area (Å²) in [6.07, 6.45) is 5.25. The Morgan fingerprint density at radius 3 is 2.50 bits per heavy atom. The minimum absolute atomic E-state index is 0.0910. The number of Topliss-reactive ketones (excluding diaryl/α,β-unsaturated/α-hetero) is 1. The quantitative estimate of drug-likeness (QED) is 0.794. The van der Waals surface area contributed by atoms with E-state index in [-0.39, 0.29) is 29.3 Å².